The first kappa shape index (κ1) is 17.0. The molecule has 0 saturated heterocycles. The van der Waals surface area contributed by atoms with Crippen LogP contribution < -0.4 is 10.1 Å². The van der Waals surface area contributed by atoms with E-state index in [1.807, 2.05) is 0 Å². The van der Waals surface area contributed by atoms with E-state index < -0.39 is 0 Å². The number of nitrogens with one attached hydrogen (secondary N) is 1. The predicted octanol–water partition coefficient (Wildman–Crippen LogP) is 5.01. The van der Waals surface area contributed by atoms with Crippen molar-refractivity contribution in [2.75, 3.05) is 13.7 Å². The Kier molecular flexibility index (Phi) is 8.36. The van der Waals surface area contributed by atoms with E-state index in [1.54, 1.807) is 7.11 Å². The van der Waals surface area contributed by atoms with Gasteiger partial charge in [-0.1, -0.05) is 63.6 Å². The zero-order valence-electron chi connectivity index (χ0n) is 13.7. The first-order chi connectivity index (χ1) is 9.72. The summed E-state index contributed by atoms with van der Waals surface area (Å²) in [6.07, 6.45) is 7.85. The van der Waals surface area contributed by atoms with Gasteiger partial charge in [-0.25, -0.2) is 0 Å². The van der Waals surface area contributed by atoms with Crippen LogP contribution in [0.15, 0.2) is 18.2 Å². The van der Waals surface area contributed by atoms with Crippen LogP contribution in [0.25, 0.3) is 0 Å². The van der Waals surface area contributed by atoms with Crippen molar-refractivity contribution in [1.82, 2.24) is 5.32 Å². The average molecular weight is 277 g/mol. The van der Waals surface area contributed by atoms with Crippen LogP contribution in [0.3, 0.4) is 0 Å². The number of aryl methyl sites for hydroxylation is 1. The van der Waals surface area contributed by atoms with Crippen LogP contribution in [-0.4, -0.2) is 13.7 Å². The highest BCUT2D eigenvalue weighted by molar-refractivity contribution is 5.39. The summed E-state index contributed by atoms with van der Waals surface area (Å²) >= 11 is 0. The molecule has 1 atom stereocenters. The van der Waals surface area contributed by atoms with Crippen LogP contribution in [0.2, 0.25) is 0 Å². The first-order valence-corrected chi connectivity index (χ1v) is 8.10. The second kappa shape index (κ2) is 9.82. The zero-order chi connectivity index (χ0) is 14.8. The molecule has 0 amide bonds. The molecule has 1 unspecified atom stereocenters. The summed E-state index contributed by atoms with van der Waals surface area (Å²) in [6.45, 7) is 7.58. The van der Waals surface area contributed by atoms with E-state index in [0.29, 0.717) is 6.04 Å². The van der Waals surface area contributed by atoms with Crippen LogP contribution in [-0.2, 0) is 0 Å². The van der Waals surface area contributed by atoms with Crippen molar-refractivity contribution >= 4 is 0 Å². The van der Waals surface area contributed by atoms with E-state index in [4.69, 9.17) is 4.74 Å². The largest absolute Gasteiger partial charge is 0.496 e. The van der Waals surface area contributed by atoms with Crippen LogP contribution in [0.4, 0.5) is 0 Å². The lowest BCUT2D eigenvalue weighted by atomic mass is 9.97. The number of rotatable bonds is 10. The molecular formula is C18H31NO. The molecule has 0 radical (unpaired) electrons. The highest BCUT2D eigenvalue weighted by atomic mass is 16.5. The van der Waals surface area contributed by atoms with E-state index in [-0.39, 0.29) is 0 Å². The van der Waals surface area contributed by atoms with Gasteiger partial charge in [-0.2, -0.15) is 0 Å². The van der Waals surface area contributed by atoms with E-state index in [2.05, 4.69) is 44.3 Å². The highest BCUT2D eigenvalue weighted by Crippen LogP contribution is 2.29. The lowest BCUT2D eigenvalue weighted by Crippen LogP contribution is -2.21. The van der Waals surface area contributed by atoms with Crippen molar-refractivity contribution in [2.24, 2.45) is 0 Å². The molecule has 2 heteroatoms. The summed E-state index contributed by atoms with van der Waals surface area (Å²) < 4.78 is 5.53. The molecule has 0 aliphatic rings. The minimum absolute atomic E-state index is 0.413. The number of methoxy groups -OCH3 is 1. The molecule has 0 saturated carbocycles. The Balaban J connectivity index is 2.67. The Labute approximate surface area is 124 Å². The van der Waals surface area contributed by atoms with Gasteiger partial charge >= 0.3 is 0 Å². The summed E-state index contributed by atoms with van der Waals surface area (Å²) in [6, 6.07) is 6.88. The third-order valence-corrected chi connectivity index (χ3v) is 3.81. The fourth-order valence-corrected chi connectivity index (χ4v) is 2.69. The highest BCUT2D eigenvalue weighted by Gasteiger charge is 2.15. The van der Waals surface area contributed by atoms with E-state index in [9.17, 15) is 0 Å². The Morgan fingerprint density at radius 3 is 2.50 bits per heavy atom. The van der Waals surface area contributed by atoms with Gasteiger partial charge in [0.2, 0.25) is 0 Å². The zero-order valence-corrected chi connectivity index (χ0v) is 13.7. The SMILES string of the molecule is CCCCCCCC(NCC)c1cc(C)ccc1OC. The Hall–Kier alpha value is -1.02. The second-order valence-electron chi connectivity index (χ2n) is 5.56. The van der Waals surface area contributed by atoms with Gasteiger partial charge in [0.15, 0.2) is 0 Å². The molecular weight excluding hydrogens is 246 g/mol. The number of hydrogen-bond donors (Lipinski definition) is 1. The van der Waals surface area contributed by atoms with Crippen molar-refractivity contribution in [3.8, 4) is 5.75 Å². The van der Waals surface area contributed by atoms with Crippen molar-refractivity contribution in [2.45, 2.75) is 65.3 Å². The maximum Gasteiger partial charge on any atom is 0.123 e. The molecule has 0 bridgehead atoms. The molecule has 0 aromatic heterocycles. The number of benzene rings is 1. The van der Waals surface area contributed by atoms with E-state index in [0.717, 1.165) is 12.3 Å². The summed E-state index contributed by atoms with van der Waals surface area (Å²) in [7, 11) is 1.76. The normalized spacial score (nSPS) is 12.4. The van der Waals surface area contributed by atoms with Crippen LogP contribution in [0.1, 0.15) is 69.5 Å². The van der Waals surface area contributed by atoms with Gasteiger partial charge in [-0.3, -0.25) is 0 Å². The molecule has 114 valence electrons. The Bertz CT molecular complexity index is 376. The lowest BCUT2D eigenvalue weighted by molar-refractivity contribution is 0.392. The van der Waals surface area contributed by atoms with Gasteiger partial charge < -0.3 is 10.1 Å². The van der Waals surface area contributed by atoms with Crippen LogP contribution in [0, 0.1) is 6.92 Å². The van der Waals surface area contributed by atoms with Crippen molar-refractivity contribution in [3.63, 3.8) is 0 Å². The maximum absolute atomic E-state index is 5.53. The van der Waals surface area contributed by atoms with E-state index >= 15 is 0 Å². The van der Waals surface area contributed by atoms with Gasteiger partial charge in [-0.05, 0) is 26.0 Å². The maximum atomic E-state index is 5.53. The minimum atomic E-state index is 0.413. The molecule has 0 fully saturated rings. The molecule has 0 spiro atoms. The third-order valence-electron chi connectivity index (χ3n) is 3.81. The van der Waals surface area contributed by atoms with Gasteiger partial charge in [0.05, 0.1) is 7.11 Å². The van der Waals surface area contributed by atoms with Gasteiger partial charge in [0.1, 0.15) is 5.75 Å². The fourth-order valence-electron chi connectivity index (χ4n) is 2.69. The molecule has 2 nitrogen and oxygen atoms in total. The molecule has 20 heavy (non-hydrogen) atoms. The minimum Gasteiger partial charge on any atom is -0.496 e. The monoisotopic (exact) mass is 277 g/mol. The Morgan fingerprint density at radius 2 is 1.85 bits per heavy atom. The van der Waals surface area contributed by atoms with Crippen molar-refractivity contribution < 1.29 is 4.74 Å². The summed E-state index contributed by atoms with van der Waals surface area (Å²) in [5, 5.41) is 3.61. The van der Waals surface area contributed by atoms with Crippen molar-refractivity contribution in [1.29, 1.82) is 0 Å². The van der Waals surface area contributed by atoms with Crippen molar-refractivity contribution in [3.05, 3.63) is 29.3 Å². The number of ether oxygens (including phenoxy) is 1. The van der Waals surface area contributed by atoms with Gasteiger partial charge in [-0.15, -0.1) is 0 Å². The van der Waals surface area contributed by atoms with Gasteiger partial charge in [0.25, 0.3) is 0 Å². The fraction of sp³-hybridized carbons (Fsp3) is 0.667. The van der Waals surface area contributed by atoms with Crippen LogP contribution >= 0.6 is 0 Å². The average Bonchev–Trinajstić information content (AvgIpc) is 2.46. The van der Waals surface area contributed by atoms with Crippen LogP contribution in [0.5, 0.6) is 5.75 Å². The Morgan fingerprint density at radius 1 is 1.10 bits per heavy atom. The quantitative estimate of drug-likeness (QED) is 0.607. The first-order valence-electron chi connectivity index (χ1n) is 8.10. The number of unbranched alkanes of at least 4 members (excludes halogenated alkanes) is 4. The molecule has 0 heterocycles. The molecule has 1 N–H and O–H groups in total. The molecule has 1 aromatic rings. The summed E-state index contributed by atoms with van der Waals surface area (Å²) in [4.78, 5) is 0. The third kappa shape index (κ3) is 5.54. The van der Waals surface area contributed by atoms with E-state index in [1.165, 1.54) is 49.7 Å². The molecule has 0 aliphatic carbocycles. The molecule has 0 aliphatic heterocycles. The molecule has 1 rings (SSSR count). The topological polar surface area (TPSA) is 21.3 Å². The summed E-state index contributed by atoms with van der Waals surface area (Å²) in [5.74, 6) is 1.01. The lowest BCUT2D eigenvalue weighted by Gasteiger charge is -2.21. The predicted molar refractivity (Wildman–Crippen MR) is 87.5 cm³/mol. The second-order valence-corrected chi connectivity index (χ2v) is 5.56. The summed E-state index contributed by atoms with van der Waals surface area (Å²) in [5.41, 5.74) is 2.61. The molecule has 1 aromatic carbocycles. The van der Waals surface area contributed by atoms with Gasteiger partial charge in [0, 0.05) is 11.6 Å². The number of hydrogen-bond acceptors (Lipinski definition) is 2. The standard InChI is InChI=1S/C18H31NO/c1-5-7-8-9-10-11-17(19-6-2)16-14-15(3)12-13-18(16)20-4/h12-14,17,19H,5-11H2,1-4H3. The smallest absolute Gasteiger partial charge is 0.123 e.